The first kappa shape index (κ1) is 33.8. The second-order valence-corrected chi connectivity index (χ2v) is 10.6. The minimum Gasteiger partial charge on any atom is -0.505 e. The van der Waals surface area contributed by atoms with E-state index in [0.717, 1.165) is 6.07 Å². The molecule has 16 heteroatoms. The number of benzene rings is 1. The molecule has 46 heavy (non-hydrogen) atoms. The Balaban J connectivity index is 1.75. The van der Waals surface area contributed by atoms with E-state index in [9.17, 15) is 47.0 Å². The molecule has 4 rings (SSSR count). The van der Waals surface area contributed by atoms with Crippen LogP contribution in [-0.4, -0.2) is 74.2 Å². The third-order valence-electron chi connectivity index (χ3n) is 7.40. The van der Waals surface area contributed by atoms with Crippen LogP contribution in [0.1, 0.15) is 35.5 Å². The fraction of sp³-hybridized carbons (Fsp3) is 0.333. The van der Waals surface area contributed by atoms with Gasteiger partial charge in [0.25, 0.3) is 11.9 Å². The van der Waals surface area contributed by atoms with Crippen molar-refractivity contribution in [2.24, 2.45) is 5.92 Å². The van der Waals surface area contributed by atoms with Gasteiger partial charge in [-0.25, -0.2) is 14.2 Å². The monoisotopic (exact) mass is 647 g/mol. The number of nitrogens with zero attached hydrogens (tertiary/aromatic N) is 2. The quantitative estimate of drug-likeness (QED) is 0.150. The molecule has 0 radical (unpaired) electrons. The van der Waals surface area contributed by atoms with Gasteiger partial charge in [-0.2, -0.15) is 18.2 Å². The van der Waals surface area contributed by atoms with Crippen molar-refractivity contribution in [3.8, 4) is 5.75 Å². The van der Waals surface area contributed by atoms with Crippen LogP contribution in [-0.2, 0) is 32.0 Å². The summed E-state index contributed by atoms with van der Waals surface area (Å²) >= 11 is 0. The third-order valence-corrected chi connectivity index (χ3v) is 7.40. The standard InChI is InChI=1S/C30H29F4N5O7/c1-13-24(41)17(12-16-20(31)21(32)26(34)39-25(16)33)36-28(43)22(38-29(44)23-19(40)9-6-10-35-23)14(2)46-30(45)18(37-27(13)42)11-15-7-4-3-5-8-15/h3-10,13-14,17-18,22,24,40-41H,11-12H2,1-2H3,(H,36,43)(H,37,42)(H,38,44). The minimum atomic E-state index is -2.11. The van der Waals surface area contributed by atoms with E-state index in [1.165, 1.54) is 26.1 Å². The van der Waals surface area contributed by atoms with Crippen molar-refractivity contribution in [1.29, 1.82) is 0 Å². The maximum Gasteiger partial charge on any atom is 0.329 e. The molecular formula is C30H29F4N5O7. The van der Waals surface area contributed by atoms with E-state index in [-0.39, 0.29) is 6.42 Å². The number of aromatic hydroxyl groups is 1. The predicted octanol–water partition coefficient (Wildman–Crippen LogP) is 1.23. The average Bonchev–Trinajstić information content (AvgIpc) is 3.02. The molecule has 0 saturated carbocycles. The van der Waals surface area contributed by atoms with Crippen LogP contribution in [0.4, 0.5) is 17.6 Å². The molecule has 5 N–H and O–H groups in total. The number of cyclic esters (lactones) is 1. The van der Waals surface area contributed by atoms with Crippen molar-refractivity contribution in [2.75, 3.05) is 0 Å². The van der Waals surface area contributed by atoms with E-state index >= 15 is 0 Å². The van der Waals surface area contributed by atoms with Gasteiger partial charge in [-0.05, 0) is 24.6 Å². The van der Waals surface area contributed by atoms with E-state index < -0.39 is 107 Å². The molecule has 1 fully saturated rings. The Labute approximate surface area is 259 Å². The Morgan fingerprint density at radius 2 is 1.63 bits per heavy atom. The van der Waals surface area contributed by atoms with Gasteiger partial charge in [0, 0.05) is 24.6 Å². The number of pyridine rings is 2. The molecule has 6 unspecified atom stereocenters. The zero-order chi connectivity index (χ0) is 33.7. The molecular weight excluding hydrogens is 618 g/mol. The van der Waals surface area contributed by atoms with Gasteiger partial charge in [0.05, 0.1) is 18.1 Å². The van der Waals surface area contributed by atoms with Crippen molar-refractivity contribution in [3.05, 3.63) is 89.0 Å². The highest BCUT2D eigenvalue weighted by Crippen LogP contribution is 2.22. The molecule has 1 aromatic carbocycles. The second kappa shape index (κ2) is 14.3. The van der Waals surface area contributed by atoms with Gasteiger partial charge in [-0.1, -0.05) is 37.3 Å². The van der Waals surface area contributed by atoms with Crippen LogP contribution in [0.3, 0.4) is 0 Å². The number of rotatable bonds is 6. The Hall–Kier alpha value is -5.12. The number of esters is 1. The number of hydrogen-bond donors (Lipinski definition) is 5. The van der Waals surface area contributed by atoms with Crippen LogP contribution in [0.25, 0.3) is 0 Å². The lowest BCUT2D eigenvalue weighted by Crippen LogP contribution is -2.61. The molecule has 3 heterocycles. The largest absolute Gasteiger partial charge is 0.505 e. The summed E-state index contributed by atoms with van der Waals surface area (Å²) in [6.45, 7) is 2.41. The summed E-state index contributed by atoms with van der Waals surface area (Å²) in [5, 5.41) is 28.3. The van der Waals surface area contributed by atoms with Gasteiger partial charge in [-0.15, -0.1) is 0 Å². The van der Waals surface area contributed by atoms with E-state index in [0.29, 0.717) is 5.56 Å². The lowest BCUT2D eigenvalue weighted by atomic mass is 9.91. The molecule has 3 amide bonds. The molecule has 0 spiro atoms. The van der Waals surface area contributed by atoms with Crippen LogP contribution in [0.5, 0.6) is 5.75 Å². The fourth-order valence-electron chi connectivity index (χ4n) is 4.80. The number of ether oxygens (including phenoxy) is 1. The Bertz CT molecular complexity index is 1630. The smallest absolute Gasteiger partial charge is 0.329 e. The number of aliphatic hydroxyl groups excluding tert-OH is 1. The highest BCUT2D eigenvalue weighted by atomic mass is 19.2. The maximum atomic E-state index is 14.6. The summed E-state index contributed by atoms with van der Waals surface area (Å²) in [5.41, 5.74) is -1.06. The summed E-state index contributed by atoms with van der Waals surface area (Å²) in [4.78, 5) is 59.7. The van der Waals surface area contributed by atoms with Crippen molar-refractivity contribution >= 4 is 23.7 Å². The van der Waals surface area contributed by atoms with Crippen molar-refractivity contribution in [3.63, 3.8) is 0 Å². The van der Waals surface area contributed by atoms with Gasteiger partial charge in [-0.3, -0.25) is 14.4 Å². The van der Waals surface area contributed by atoms with Gasteiger partial charge >= 0.3 is 5.97 Å². The second-order valence-electron chi connectivity index (χ2n) is 10.6. The van der Waals surface area contributed by atoms with Crippen molar-refractivity contribution in [2.45, 2.75) is 57.0 Å². The number of hydrogen-bond acceptors (Lipinski definition) is 9. The number of carbonyl (C=O) groups is 4. The third kappa shape index (κ3) is 7.56. The highest BCUT2D eigenvalue weighted by Gasteiger charge is 2.40. The number of aromatic nitrogens is 2. The van der Waals surface area contributed by atoms with Gasteiger partial charge in [0.15, 0.2) is 11.5 Å². The predicted molar refractivity (Wildman–Crippen MR) is 150 cm³/mol. The summed E-state index contributed by atoms with van der Waals surface area (Å²) in [6, 6.07) is 5.99. The van der Waals surface area contributed by atoms with Crippen LogP contribution in [0.15, 0.2) is 48.7 Å². The summed E-state index contributed by atoms with van der Waals surface area (Å²) in [5.74, 6) is -14.1. The maximum absolute atomic E-state index is 14.6. The first-order valence-corrected chi connectivity index (χ1v) is 13.9. The Morgan fingerprint density at radius 1 is 0.935 bits per heavy atom. The molecule has 1 aliphatic heterocycles. The minimum absolute atomic E-state index is 0.0909. The first-order chi connectivity index (χ1) is 21.8. The molecule has 1 saturated heterocycles. The summed E-state index contributed by atoms with van der Waals surface area (Å²) in [7, 11) is 0. The fourth-order valence-corrected chi connectivity index (χ4v) is 4.80. The molecule has 6 atom stereocenters. The zero-order valence-corrected chi connectivity index (χ0v) is 24.3. The molecule has 0 bridgehead atoms. The molecule has 12 nitrogen and oxygen atoms in total. The number of halogens is 4. The summed E-state index contributed by atoms with van der Waals surface area (Å²) < 4.78 is 62.2. The van der Waals surface area contributed by atoms with E-state index in [1.807, 2.05) is 0 Å². The van der Waals surface area contributed by atoms with Gasteiger partial charge in [0.2, 0.25) is 23.6 Å². The number of nitrogens with one attached hydrogen (secondary N) is 3. The highest BCUT2D eigenvalue weighted by molar-refractivity contribution is 5.98. The lowest BCUT2D eigenvalue weighted by molar-refractivity contribution is -0.156. The molecule has 2 aromatic heterocycles. The van der Waals surface area contributed by atoms with Crippen LogP contribution < -0.4 is 16.0 Å². The van der Waals surface area contributed by atoms with Crippen molar-refractivity contribution < 1.29 is 51.7 Å². The average molecular weight is 648 g/mol. The molecule has 1 aliphatic rings. The number of amides is 3. The van der Waals surface area contributed by atoms with Crippen LogP contribution >= 0.6 is 0 Å². The van der Waals surface area contributed by atoms with Gasteiger partial charge < -0.3 is 30.9 Å². The SMILES string of the molecule is CC1OC(=O)C(Cc2ccccc2)NC(=O)C(C)C(O)C(Cc2c(F)nc(F)c(F)c2F)NC(=O)C1NC(=O)c1ncccc1O. The Kier molecular flexibility index (Phi) is 10.5. The first-order valence-electron chi connectivity index (χ1n) is 13.9. The number of carbonyl (C=O) groups excluding carboxylic acids is 4. The summed E-state index contributed by atoms with van der Waals surface area (Å²) in [6.07, 6.45) is -3.38. The van der Waals surface area contributed by atoms with E-state index in [1.54, 1.807) is 30.3 Å². The lowest BCUT2D eigenvalue weighted by Gasteiger charge is -2.33. The normalized spacial score (nSPS) is 24.1. The van der Waals surface area contributed by atoms with Gasteiger partial charge in [0.1, 0.15) is 23.9 Å². The number of aliphatic hydroxyl groups is 1. The molecule has 0 aliphatic carbocycles. The van der Waals surface area contributed by atoms with Crippen LogP contribution in [0, 0.1) is 29.4 Å². The topological polar surface area (TPSA) is 180 Å². The molecule has 244 valence electrons. The van der Waals surface area contributed by atoms with E-state index in [2.05, 4.69) is 25.9 Å². The zero-order valence-electron chi connectivity index (χ0n) is 24.3. The van der Waals surface area contributed by atoms with Crippen molar-refractivity contribution in [1.82, 2.24) is 25.9 Å². The van der Waals surface area contributed by atoms with E-state index in [4.69, 9.17) is 4.74 Å². The molecule has 3 aromatic rings. The van der Waals surface area contributed by atoms with Crippen LogP contribution in [0.2, 0.25) is 0 Å². The Morgan fingerprint density at radius 3 is 2.30 bits per heavy atom.